The molecule has 0 N–H and O–H groups in total. The summed E-state index contributed by atoms with van der Waals surface area (Å²) in [5, 5.41) is 0. The molecular formula is C41H45N3S3. The summed E-state index contributed by atoms with van der Waals surface area (Å²) in [5.41, 5.74) is 9.11. The molecule has 0 saturated carbocycles. The highest BCUT2D eigenvalue weighted by Crippen LogP contribution is 2.44. The molecule has 0 saturated heterocycles. The quantitative estimate of drug-likeness (QED) is 0.0801. The van der Waals surface area contributed by atoms with E-state index in [1.165, 1.54) is 93.5 Å². The maximum absolute atomic E-state index is 4.76. The lowest BCUT2D eigenvalue weighted by molar-refractivity contribution is 0.609. The zero-order valence-electron chi connectivity index (χ0n) is 28.0. The van der Waals surface area contributed by atoms with Crippen LogP contribution in [0.5, 0.6) is 0 Å². The van der Waals surface area contributed by atoms with Crippen molar-refractivity contribution in [3.05, 3.63) is 78.4 Å². The van der Waals surface area contributed by atoms with Gasteiger partial charge in [0, 0.05) is 61.0 Å². The van der Waals surface area contributed by atoms with Crippen LogP contribution in [-0.2, 0) is 0 Å². The molecule has 0 amide bonds. The summed E-state index contributed by atoms with van der Waals surface area (Å²) in [5.74, 6) is 6.50. The summed E-state index contributed by atoms with van der Waals surface area (Å²) in [6, 6.07) is 27.0. The zero-order chi connectivity index (χ0) is 32.4. The van der Waals surface area contributed by atoms with Crippen LogP contribution >= 0.6 is 34.4 Å². The van der Waals surface area contributed by atoms with Crippen molar-refractivity contribution in [1.29, 1.82) is 0 Å². The number of anilines is 1. The molecular weight excluding hydrogens is 631 g/mol. The molecule has 0 radical (unpaired) electrons. The second kappa shape index (κ2) is 16.6. The molecule has 0 fully saturated rings. The maximum Gasteiger partial charge on any atom is 0.114 e. The van der Waals surface area contributed by atoms with E-state index in [-0.39, 0.29) is 0 Å². The second-order valence-electron chi connectivity index (χ2n) is 12.4. The van der Waals surface area contributed by atoms with Crippen LogP contribution in [0.25, 0.3) is 52.4 Å². The Bertz CT molecular complexity index is 1890. The van der Waals surface area contributed by atoms with Gasteiger partial charge in [-0.3, -0.25) is 0 Å². The Balaban J connectivity index is 1.19. The molecule has 3 aromatic carbocycles. The van der Waals surface area contributed by atoms with Gasteiger partial charge in [0.25, 0.3) is 0 Å². The lowest BCUT2D eigenvalue weighted by Gasteiger charge is -2.25. The van der Waals surface area contributed by atoms with Gasteiger partial charge in [-0.2, -0.15) is 8.75 Å². The van der Waals surface area contributed by atoms with Crippen LogP contribution in [0, 0.1) is 11.8 Å². The van der Waals surface area contributed by atoms with Gasteiger partial charge in [0.1, 0.15) is 11.0 Å². The number of benzene rings is 3. The molecule has 0 bridgehead atoms. The van der Waals surface area contributed by atoms with Crippen LogP contribution in [0.2, 0.25) is 0 Å². The van der Waals surface area contributed by atoms with Gasteiger partial charge < -0.3 is 4.90 Å². The first kappa shape index (κ1) is 33.4. The summed E-state index contributed by atoms with van der Waals surface area (Å²) < 4.78 is 12.2. The third kappa shape index (κ3) is 8.15. The lowest BCUT2D eigenvalue weighted by Crippen LogP contribution is -2.25. The third-order valence-electron chi connectivity index (χ3n) is 8.77. The van der Waals surface area contributed by atoms with Gasteiger partial charge >= 0.3 is 0 Å². The number of hydrogen-bond acceptors (Lipinski definition) is 6. The molecule has 0 spiro atoms. The van der Waals surface area contributed by atoms with Crippen LogP contribution in [0.1, 0.15) is 90.5 Å². The van der Waals surface area contributed by atoms with Crippen LogP contribution in [0.3, 0.4) is 0 Å². The van der Waals surface area contributed by atoms with E-state index in [2.05, 4.69) is 110 Å². The van der Waals surface area contributed by atoms with Crippen molar-refractivity contribution in [2.24, 2.45) is 0 Å². The number of hydrogen-bond donors (Lipinski definition) is 0. The van der Waals surface area contributed by atoms with E-state index in [4.69, 9.17) is 8.75 Å². The molecule has 0 aliphatic carbocycles. The van der Waals surface area contributed by atoms with Gasteiger partial charge in [-0.25, -0.2) is 0 Å². The number of nitrogens with zero attached hydrogens (tertiary/aromatic N) is 3. The number of aromatic nitrogens is 2. The van der Waals surface area contributed by atoms with Crippen LogP contribution in [-0.4, -0.2) is 21.8 Å². The predicted octanol–water partition coefficient (Wildman–Crippen LogP) is 13.1. The first-order chi connectivity index (χ1) is 23.2. The monoisotopic (exact) mass is 675 g/mol. The van der Waals surface area contributed by atoms with Crippen LogP contribution in [0.15, 0.2) is 72.8 Å². The van der Waals surface area contributed by atoms with E-state index in [1.807, 2.05) is 22.7 Å². The van der Waals surface area contributed by atoms with Gasteiger partial charge in [-0.05, 0) is 66.8 Å². The lowest BCUT2D eigenvalue weighted by atomic mass is 10.00. The molecule has 242 valence electrons. The van der Waals surface area contributed by atoms with E-state index in [1.54, 1.807) is 0 Å². The average molecular weight is 676 g/mol. The minimum absolute atomic E-state index is 0.931. The molecule has 0 unspecified atom stereocenters. The molecule has 0 aliphatic rings. The SMILES string of the molecule is CCCC#Cc1ccc(-c2ccc(-c3cc4sc(-c5ccc(N(CCCCCC)CCCCCC)cc5)cc4s3)c3nsnc23)cc1. The zero-order valence-corrected chi connectivity index (χ0v) is 30.4. The summed E-state index contributed by atoms with van der Waals surface area (Å²) >= 11 is 5.03. The maximum atomic E-state index is 4.76. The van der Waals surface area contributed by atoms with Crippen molar-refractivity contribution in [1.82, 2.24) is 8.75 Å². The molecule has 0 atom stereocenters. The third-order valence-corrected chi connectivity index (χ3v) is 11.7. The smallest absolute Gasteiger partial charge is 0.114 e. The van der Waals surface area contributed by atoms with Crippen molar-refractivity contribution in [3.63, 3.8) is 0 Å². The Labute approximate surface area is 293 Å². The fraction of sp³-hybridized carbons (Fsp3) is 0.366. The van der Waals surface area contributed by atoms with E-state index < -0.39 is 0 Å². The Morgan fingerprint density at radius 1 is 0.596 bits per heavy atom. The number of thiophene rings is 2. The summed E-state index contributed by atoms with van der Waals surface area (Å²) in [4.78, 5) is 5.20. The van der Waals surface area contributed by atoms with Crippen LogP contribution in [0.4, 0.5) is 5.69 Å². The Hall–Kier alpha value is -3.50. The minimum Gasteiger partial charge on any atom is -0.372 e. The van der Waals surface area contributed by atoms with Gasteiger partial charge in [-0.1, -0.05) is 108 Å². The molecule has 6 heteroatoms. The van der Waals surface area contributed by atoms with Gasteiger partial charge in [0.2, 0.25) is 0 Å². The Kier molecular flexibility index (Phi) is 11.8. The number of fused-ring (bicyclic) bond motifs is 2. The van der Waals surface area contributed by atoms with Gasteiger partial charge in [0.05, 0.1) is 11.7 Å². The summed E-state index contributed by atoms with van der Waals surface area (Å²) in [7, 11) is 0. The van der Waals surface area contributed by atoms with Gasteiger partial charge in [-0.15, -0.1) is 22.7 Å². The van der Waals surface area contributed by atoms with Crippen molar-refractivity contribution >= 4 is 60.5 Å². The first-order valence-corrected chi connectivity index (χ1v) is 19.8. The fourth-order valence-electron chi connectivity index (χ4n) is 6.10. The molecule has 0 aliphatic heterocycles. The van der Waals surface area contributed by atoms with E-state index >= 15 is 0 Å². The van der Waals surface area contributed by atoms with Crippen LogP contribution < -0.4 is 4.90 Å². The van der Waals surface area contributed by atoms with Crippen molar-refractivity contribution in [3.8, 4) is 43.8 Å². The normalized spacial score (nSPS) is 11.3. The Morgan fingerprint density at radius 2 is 1.19 bits per heavy atom. The predicted molar refractivity (Wildman–Crippen MR) is 209 cm³/mol. The minimum atomic E-state index is 0.931. The molecule has 6 rings (SSSR count). The number of unbranched alkanes of at least 4 members (excludes halogenated alkanes) is 7. The van der Waals surface area contributed by atoms with E-state index in [9.17, 15) is 0 Å². The van der Waals surface area contributed by atoms with Crippen molar-refractivity contribution < 1.29 is 0 Å². The van der Waals surface area contributed by atoms with Gasteiger partial charge in [0.15, 0.2) is 0 Å². The highest BCUT2D eigenvalue weighted by atomic mass is 32.1. The topological polar surface area (TPSA) is 29.0 Å². The van der Waals surface area contributed by atoms with Crippen molar-refractivity contribution in [2.75, 3.05) is 18.0 Å². The van der Waals surface area contributed by atoms with E-state index in [0.29, 0.717) is 0 Å². The second-order valence-corrected chi connectivity index (χ2v) is 15.1. The molecule has 3 nitrogen and oxygen atoms in total. The molecule has 6 aromatic rings. The van der Waals surface area contributed by atoms with E-state index in [0.717, 1.165) is 59.2 Å². The highest BCUT2D eigenvalue weighted by molar-refractivity contribution is 7.31. The number of rotatable bonds is 15. The molecule has 47 heavy (non-hydrogen) atoms. The van der Waals surface area contributed by atoms with Crippen molar-refractivity contribution in [2.45, 2.75) is 85.0 Å². The first-order valence-electron chi connectivity index (χ1n) is 17.4. The average Bonchev–Trinajstić information content (AvgIpc) is 3.84. The standard InChI is InChI=1S/C41H45N3S3/c1-4-7-10-13-26-44(27-14-11-8-5-2)33-22-20-32(21-23-33)36-28-38-39(45-36)29-37(46-38)35-25-24-34(40-41(35)43-47-42-40)31-18-16-30(17-19-31)15-12-9-6-3/h16-25,28-29H,4-11,13-14,26-27H2,1-3H3. The largest absolute Gasteiger partial charge is 0.372 e. The highest BCUT2D eigenvalue weighted by Gasteiger charge is 2.17. The molecule has 3 heterocycles. The summed E-state index contributed by atoms with van der Waals surface area (Å²) in [6.07, 6.45) is 12.5. The Morgan fingerprint density at radius 3 is 1.85 bits per heavy atom. The summed E-state index contributed by atoms with van der Waals surface area (Å²) in [6.45, 7) is 9.05. The fourth-order valence-corrected chi connectivity index (χ4v) is 9.10. The molecule has 3 aromatic heterocycles.